The standard InChI is InChI=1S/C12H13ClF3N3/c1-3-19-9-5-4-7(13)6-8(9)18-10(19)11(2,17)12(14,15)16/h4-6H,3,17H2,1-2H3. The minimum atomic E-state index is -4.58. The smallest absolute Gasteiger partial charge is 0.326 e. The van der Waals surface area contributed by atoms with Gasteiger partial charge in [0.1, 0.15) is 5.82 Å². The van der Waals surface area contributed by atoms with Crippen molar-refractivity contribution in [1.82, 2.24) is 9.55 Å². The molecule has 2 aromatic rings. The second kappa shape index (κ2) is 4.38. The number of aryl methyl sites for hydroxylation is 1. The highest BCUT2D eigenvalue weighted by molar-refractivity contribution is 6.31. The highest BCUT2D eigenvalue weighted by Crippen LogP contribution is 2.37. The molecule has 0 saturated carbocycles. The summed E-state index contributed by atoms with van der Waals surface area (Å²) in [6, 6.07) is 4.78. The number of aromatic nitrogens is 2. The van der Waals surface area contributed by atoms with Crippen molar-refractivity contribution in [2.45, 2.75) is 32.1 Å². The van der Waals surface area contributed by atoms with Gasteiger partial charge >= 0.3 is 6.18 Å². The SMILES string of the molecule is CCn1c(C(C)(N)C(F)(F)F)nc2cc(Cl)ccc21. The molecule has 7 heteroatoms. The summed E-state index contributed by atoms with van der Waals surface area (Å²) in [4.78, 5) is 4.02. The Kier molecular flexibility index (Phi) is 3.26. The molecule has 0 fully saturated rings. The fourth-order valence-electron chi connectivity index (χ4n) is 1.95. The van der Waals surface area contributed by atoms with Crippen molar-refractivity contribution in [3.05, 3.63) is 29.0 Å². The minimum Gasteiger partial charge on any atom is -0.326 e. The Morgan fingerprint density at radius 3 is 2.53 bits per heavy atom. The lowest BCUT2D eigenvalue weighted by molar-refractivity contribution is -0.186. The van der Waals surface area contributed by atoms with Crippen LogP contribution in [0.2, 0.25) is 5.02 Å². The van der Waals surface area contributed by atoms with E-state index in [-0.39, 0.29) is 5.82 Å². The molecular weight excluding hydrogens is 279 g/mol. The summed E-state index contributed by atoms with van der Waals surface area (Å²) in [5, 5.41) is 0.422. The van der Waals surface area contributed by atoms with E-state index in [0.29, 0.717) is 22.6 Å². The summed E-state index contributed by atoms with van der Waals surface area (Å²) in [6.07, 6.45) is -4.58. The van der Waals surface area contributed by atoms with Gasteiger partial charge in [-0.1, -0.05) is 11.6 Å². The number of nitrogens with two attached hydrogens (primary N) is 1. The number of imidazole rings is 1. The predicted molar refractivity (Wildman–Crippen MR) is 68.0 cm³/mol. The summed E-state index contributed by atoms with van der Waals surface area (Å²) in [5.41, 5.74) is 3.94. The van der Waals surface area contributed by atoms with Gasteiger partial charge in [0.05, 0.1) is 11.0 Å². The molecule has 104 valence electrons. The molecule has 0 radical (unpaired) electrons. The second-order valence-corrected chi connectivity index (χ2v) is 4.95. The first-order chi connectivity index (χ1) is 8.68. The molecule has 0 aliphatic heterocycles. The molecule has 0 aliphatic rings. The van der Waals surface area contributed by atoms with Crippen molar-refractivity contribution < 1.29 is 13.2 Å². The van der Waals surface area contributed by atoms with E-state index in [1.165, 1.54) is 10.6 Å². The highest BCUT2D eigenvalue weighted by Gasteiger charge is 2.52. The molecule has 19 heavy (non-hydrogen) atoms. The fraction of sp³-hybridized carbons (Fsp3) is 0.417. The van der Waals surface area contributed by atoms with Gasteiger partial charge in [-0.3, -0.25) is 0 Å². The van der Waals surface area contributed by atoms with E-state index in [9.17, 15) is 13.2 Å². The van der Waals surface area contributed by atoms with Crippen LogP contribution < -0.4 is 5.73 Å². The maximum Gasteiger partial charge on any atom is 0.413 e. The zero-order valence-corrected chi connectivity index (χ0v) is 11.2. The average Bonchev–Trinajstić information content (AvgIpc) is 2.65. The topological polar surface area (TPSA) is 43.8 Å². The van der Waals surface area contributed by atoms with Gasteiger partial charge in [-0.2, -0.15) is 13.2 Å². The third-order valence-corrected chi connectivity index (χ3v) is 3.31. The van der Waals surface area contributed by atoms with Crippen molar-refractivity contribution in [1.29, 1.82) is 0 Å². The van der Waals surface area contributed by atoms with Crippen molar-refractivity contribution in [3.8, 4) is 0 Å². The van der Waals surface area contributed by atoms with Gasteiger partial charge in [-0.05, 0) is 32.0 Å². The molecular formula is C12H13ClF3N3. The number of fused-ring (bicyclic) bond motifs is 1. The van der Waals surface area contributed by atoms with Gasteiger partial charge in [0.25, 0.3) is 0 Å². The molecule has 0 bridgehead atoms. The Labute approximate surface area is 113 Å². The molecule has 0 aliphatic carbocycles. The van der Waals surface area contributed by atoms with Crippen LogP contribution in [0, 0.1) is 0 Å². The number of hydrogen-bond acceptors (Lipinski definition) is 2. The Balaban J connectivity index is 2.74. The predicted octanol–water partition coefficient (Wildman–Crippen LogP) is 3.45. The zero-order chi connectivity index (χ0) is 14.4. The molecule has 2 rings (SSSR count). The van der Waals surface area contributed by atoms with Crippen molar-refractivity contribution in [2.24, 2.45) is 5.73 Å². The van der Waals surface area contributed by atoms with E-state index >= 15 is 0 Å². The zero-order valence-electron chi connectivity index (χ0n) is 10.4. The summed E-state index contributed by atoms with van der Waals surface area (Å²) in [6.45, 7) is 3.00. The Bertz CT molecular complexity index is 616. The molecule has 1 heterocycles. The molecule has 0 amide bonds. The Morgan fingerprint density at radius 1 is 1.37 bits per heavy atom. The Hall–Kier alpha value is -1.27. The number of hydrogen-bond donors (Lipinski definition) is 1. The lowest BCUT2D eigenvalue weighted by Crippen LogP contribution is -2.49. The second-order valence-electron chi connectivity index (χ2n) is 4.51. The van der Waals surface area contributed by atoms with Crippen LogP contribution in [0.1, 0.15) is 19.7 Å². The molecule has 1 unspecified atom stereocenters. The van der Waals surface area contributed by atoms with Crippen molar-refractivity contribution >= 4 is 22.6 Å². The molecule has 3 nitrogen and oxygen atoms in total. The van der Waals surface area contributed by atoms with Gasteiger partial charge in [0.2, 0.25) is 0 Å². The van der Waals surface area contributed by atoms with E-state index in [4.69, 9.17) is 17.3 Å². The monoisotopic (exact) mass is 291 g/mol. The van der Waals surface area contributed by atoms with Gasteiger partial charge in [-0.25, -0.2) is 4.98 Å². The first kappa shape index (κ1) is 14.1. The molecule has 0 saturated heterocycles. The average molecular weight is 292 g/mol. The van der Waals surface area contributed by atoms with E-state index in [0.717, 1.165) is 6.92 Å². The van der Waals surface area contributed by atoms with Crippen LogP contribution in [0.4, 0.5) is 13.2 Å². The van der Waals surface area contributed by atoms with Crippen LogP contribution in [0.25, 0.3) is 11.0 Å². The van der Waals surface area contributed by atoms with Crippen LogP contribution in [0.3, 0.4) is 0 Å². The number of halogens is 4. The van der Waals surface area contributed by atoms with E-state index in [1.807, 2.05) is 0 Å². The number of benzene rings is 1. The van der Waals surface area contributed by atoms with Gasteiger partial charge < -0.3 is 10.3 Å². The third-order valence-electron chi connectivity index (χ3n) is 3.08. The summed E-state index contributed by atoms with van der Waals surface area (Å²) in [7, 11) is 0. The first-order valence-electron chi connectivity index (χ1n) is 5.70. The molecule has 1 aromatic heterocycles. The number of rotatable bonds is 2. The largest absolute Gasteiger partial charge is 0.413 e. The summed E-state index contributed by atoms with van der Waals surface area (Å²) < 4.78 is 40.6. The van der Waals surface area contributed by atoms with Crippen molar-refractivity contribution in [3.63, 3.8) is 0 Å². The van der Waals surface area contributed by atoms with Crippen molar-refractivity contribution in [2.75, 3.05) is 0 Å². The van der Waals surface area contributed by atoms with E-state index in [1.54, 1.807) is 19.1 Å². The van der Waals surface area contributed by atoms with Crippen LogP contribution >= 0.6 is 11.6 Å². The highest BCUT2D eigenvalue weighted by atomic mass is 35.5. The third kappa shape index (κ3) is 2.19. The fourth-order valence-corrected chi connectivity index (χ4v) is 2.11. The summed E-state index contributed by atoms with van der Waals surface area (Å²) in [5.74, 6) is -0.209. The van der Waals surface area contributed by atoms with Crippen LogP contribution in [0.15, 0.2) is 18.2 Å². The molecule has 1 atom stereocenters. The van der Waals surface area contributed by atoms with Gasteiger partial charge in [-0.15, -0.1) is 0 Å². The van der Waals surface area contributed by atoms with E-state index in [2.05, 4.69) is 4.98 Å². The summed E-state index contributed by atoms with van der Waals surface area (Å²) >= 11 is 5.82. The number of nitrogens with zero attached hydrogens (tertiary/aromatic N) is 2. The van der Waals surface area contributed by atoms with Gasteiger partial charge in [0.15, 0.2) is 5.54 Å². The molecule has 2 N–H and O–H groups in total. The first-order valence-corrected chi connectivity index (χ1v) is 6.08. The lowest BCUT2D eigenvalue weighted by Gasteiger charge is -2.27. The maximum absolute atomic E-state index is 13.0. The normalized spacial score (nSPS) is 15.7. The maximum atomic E-state index is 13.0. The van der Waals surface area contributed by atoms with Crippen LogP contribution in [0.5, 0.6) is 0 Å². The Morgan fingerprint density at radius 2 is 2.00 bits per heavy atom. The van der Waals surface area contributed by atoms with Gasteiger partial charge in [0, 0.05) is 11.6 Å². The minimum absolute atomic E-state index is 0.209. The lowest BCUT2D eigenvalue weighted by atomic mass is 10.0. The van der Waals surface area contributed by atoms with E-state index < -0.39 is 11.7 Å². The van der Waals surface area contributed by atoms with Crippen LogP contribution in [-0.2, 0) is 12.1 Å². The number of alkyl halides is 3. The molecule has 0 spiro atoms. The van der Waals surface area contributed by atoms with Crippen LogP contribution in [-0.4, -0.2) is 15.7 Å². The quantitative estimate of drug-likeness (QED) is 0.921. The molecule has 1 aromatic carbocycles.